The van der Waals surface area contributed by atoms with E-state index in [4.69, 9.17) is 9.47 Å². The molecule has 112 valence electrons. The molecule has 1 aromatic carbocycles. The van der Waals surface area contributed by atoms with Gasteiger partial charge in [0.2, 0.25) is 0 Å². The van der Waals surface area contributed by atoms with E-state index in [9.17, 15) is 0 Å². The summed E-state index contributed by atoms with van der Waals surface area (Å²) in [6, 6.07) is 8.74. The zero-order chi connectivity index (χ0) is 15.0. The second kappa shape index (κ2) is 5.38. The first-order valence-electron chi connectivity index (χ1n) is 7.34. The molecule has 1 saturated heterocycles. The highest BCUT2D eigenvalue weighted by atomic mass is 16.5. The zero-order valence-electron chi connectivity index (χ0n) is 13.5. The van der Waals surface area contributed by atoms with E-state index in [-0.39, 0.29) is 17.2 Å². The van der Waals surface area contributed by atoms with Crippen LogP contribution in [-0.4, -0.2) is 24.4 Å². The van der Waals surface area contributed by atoms with Crippen LogP contribution in [-0.2, 0) is 4.74 Å². The summed E-state index contributed by atoms with van der Waals surface area (Å²) in [5.41, 5.74) is 0.969. The molecule has 2 rings (SSSR count). The molecule has 20 heavy (non-hydrogen) atoms. The molecule has 1 aliphatic rings. The van der Waals surface area contributed by atoms with Crippen molar-refractivity contribution in [2.45, 2.75) is 64.3 Å². The molecule has 0 amide bonds. The van der Waals surface area contributed by atoms with Crippen LogP contribution >= 0.6 is 0 Å². The van der Waals surface area contributed by atoms with Gasteiger partial charge in [-0.15, -0.1) is 0 Å². The molecule has 2 unspecified atom stereocenters. The minimum Gasteiger partial charge on any atom is -0.496 e. The van der Waals surface area contributed by atoms with Gasteiger partial charge in [0.25, 0.3) is 0 Å². The third kappa shape index (κ3) is 3.15. The van der Waals surface area contributed by atoms with E-state index in [1.54, 1.807) is 7.11 Å². The fourth-order valence-corrected chi connectivity index (χ4v) is 3.24. The quantitative estimate of drug-likeness (QED) is 0.910. The Balaban J connectivity index is 2.14. The maximum absolute atomic E-state index is 6.15. The Morgan fingerprint density at radius 3 is 2.45 bits per heavy atom. The van der Waals surface area contributed by atoms with Gasteiger partial charge in [-0.05, 0) is 47.1 Å². The maximum Gasteiger partial charge on any atom is 0.123 e. The molecule has 3 nitrogen and oxygen atoms in total. The third-order valence-electron chi connectivity index (χ3n) is 4.13. The SMILES string of the molecule is COc1ccccc1C(C)NC1CC(C)(C)OC1(C)C. The zero-order valence-corrected chi connectivity index (χ0v) is 13.5. The summed E-state index contributed by atoms with van der Waals surface area (Å²) in [5.74, 6) is 0.934. The Kier molecular flexibility index (Phi) is 4.12. The fourth-order valence-electron chi connectivity index (χ4n) is 3.24. The monoisotopic (exact) mass is 277 g/mol. The number of ether oxygens (including phenoxy) is 2. The van der Waals surface area contributed by atoms with Crippen molar-refractivity contribution < 1.29 is 9.47 Å². The minimum atomic E-state index is -0.153. The topological polar surface area (TPSA) is 30.5 Å². The average molecular weight is 277 g/mol. The van der Waals surface area contributed by atoms with Gasteiger partial charge in [0.05, 0.1) is 18.3 Å². The first-order chi connectivity index (χ1) is 9.25. The van der Waals surface area contributed by atoms with Gasteiger partial charge in [0.15, 0.2) is 0 Å². The predicted octanol–water partition coefficient (Wildman–Crippen LogP) is 3.69. The number of benzene rings is 1. The highest BCUT2D eigenvalue weighted by Crippen LogP contribution is 2.38. The standard InChI is InChI=1S/C17H27NO2/c1-12(13-9-7-8-10-14(13)19-6)18-15-11-16(2,3)20-17(15,4)5/h7-10,12,15,18H,11H2,1-6H3. The molecular formula is C17H27NO2. The van der Waals surface area contributed by atoms with E-state index >= 15 is 0 Å². The normalized spacial score (nSPS) is 25.4. The molecular weight excluding hydrogens is 250 g/mol. The van der Waals surface area contributed by atoms with Crippen LogP contribution < -0.4 is 10.1 Å². The number of methoxy groups -OCH3 is 1. The molecule has 1 aromatic rings. The highest BCUT2D eigenvalue weighted by Gasteiger charge is 2.46. The van der Waals surface area contributed by atoms with E-state index in [2.05, 4.69) is 52.1 Å². The van der Waals surface area contributed by atoms with Gasteiger partial charge >= 0.3 is 0 Å². The molecule has 0 saturated carbocycles. The lowest BCUT2D eigenvalue weighted by atomic mass is 9.93. The summed E-state index contributed by atoms with van der Waals surface area (Å²) in [5, 5.41) is 3.71. The molecule has 0 radical (unpaired) electrons. The van der Waals surface area contributed by atoms with Crippen LogP contribution in [0.15, 0.2) is 24.3 Å². The molecule has 0 aromatic heterocycles. The van der Waals surface area contributed by atoms with Crippen LogP contribution in [0.1, 0.15) is 52.6 Å². The molecule has 1 N–H and O–H groups in total. The van der Waals surface area contributed by atoms with Gasteiger partial charge in [0.1, 0.15) is 5.75 Å². The Bertz CT molecular complexity index is 468. The molecule has 2 atom stereocenters. The van der Waals surface area contributed by atoms with Gasteiger partial charge in [-0.1, -0.05) is 18.2 Å². The molecule has 0 spiro atoms. The number of hydrogen-bond donors (Lipinski definition) is 1. The predicted molar refractivity (Wildman–Crippen MR) is 82.2 cm³/mol. The smallest absolute Gasteiger partial charge is 0.123 e. The van der Waals surface area contributed by atoms with Crippen LogP contribution in [0, 0.1) is 0 Å². The highest BCUT2D eigenvalue weighted by molar-refractivity contribution is 5.35. The van der Waals surface area contributed by atoms with Crippen LogP contribution in [0.25, 0.3) is 0 Å². The van der Waals surface area contributed by atoms with Gasteiger partial charge in [-0.25, -0.2) is 0 Å². The molecule has 1 aliphatic heterocycles. The van der Waals surface area contributed by atoms with E-state index in [0.29, 0.717) is 6.04 Å². The summed E-state index contributed by atoms with van der Waals surface area (Å²) in [6.45, 7) is 10.8. The van der Waals surface area contributed by atoms with Gasteiger partial charge in [0, 0.05) is 17.6 Å². The van der Waals surface area contributed by atoms with E-state index in [1.165, 1.54) is 5.56 Å². The molecule has 3 heteroatoms. The van der Waals surface area contributed by atoms with Gasteiger partial charge < -0.3 is 14.8 Å². The van der Waals surface area contributed by atoms with Crippen LogP contribution in [0.3, 0.4) is 0 Å². The third-order valence-corrected chi connectivity index (χ3v) is 4.13. The van der Waals surface area contributed by atoms with E-state index in [0.717, 1.165) is 12.2 Å². The maximum atomic E-state index is 6.15. The van der Waals surface area contributed by atoms with Crippen molar-refractivity contribution in [2.24, 2.45) is 0 Å². The summed E-state index contributed by atoms with van der Waals surface area (Å²) in [4.78, 5) is 0. The number of para-hydroxylation sites is 1. The van der Waals surface area contributed by atoms with Crippen molar-refractivity contribution in [3.8, 4) is 5.75 Å². The van der Waals surface area contributed by atoms with Crippen molar-refractivity contribution in [3.63, 3.8) is 0 Å². The largest absolute Gasteiger partial charge is 0.496 e. The summed E-state index contributed by atoms with van der Waals surface area (Å²) >= 11 is 0. The fraction of sp³-hybridized carbons (Fsp3) is 0.647. The molecule has 0 bridgehead atoms. The number of nitrogens with one attached hydrogen (secondary N) is 1. The lowest BCUT2D eigenvalue weighted by Gasteiger charge is -2.30. The average Bonchev–Trinajstić information content (AvgIpc) is 2.56. The molecule has 1 heterocycles. The Labute approximate surface area is 122 Å². The van der Waals surface area contributed by atoms with Crippen molar-refractivity contribution >= 4 is 0 Å². The van der Waals surface area contributed by atoms with Gasteiger partial charge in [-0.3, -0.25) is 0 Å². The van der Waals surface area contributed by atoms with Crippen LogP contribution in [0.2, 0.25) is 0 Å². The second-order valence-corrected chi connectivity index (χ2v) is 6.85. The van der Waals surface area contributed by atoms with Crippen molar-refractivity contribution in [1.82, 2.24) is 5.32 Å². The first-order valence-corrected chi connectivity index (χ1v) is 7.34. The summed E-state index contributed by atoms with van der Waals surface area (Å²) in [6.07, 6.45) is 1.01. The summed E-state index contributed by atoms with van der Waals surface area (Å²) < 4.78 is 11.6. The molecule has 0 aliphatic carbocycles. The van der Waals surface area contributed by atoms with Crippen LogP contribution in [0.5, 0.6) is 5.75 Å². The van der Waals surface area contributed by atoms with E-state index in [1.807, 2.05) is 12.1 Å². The Morgan fingerprint density at radius 1 is 1.25 bits per heavy atom. The number of hydrogen-bond acceptors (Lipinski definition) is 3. The molecule has 1 fully saturated rings. The lowest BCUT2D eigenvalue weighted by Crippen LogP contribution is -2.44. The minimum absolute atomic E-state index is 0.0678. The van der Waals surface area contributed by atoms with Crippen molar-refractivity contribution in [1.29, 1.82) is 0 Å². The van der Waals surface area contributed by atoms with Crippen molar-refractivity contribution in [2.75, 3.05) is 7.11 Å². The van der Waals surface area contributed by atoms with Gasteiger partial charge in [-0.2, -0.15) is 0 Å². The number of rotatable bonds is 4. The Hall–Kier alpha value is -1.06. The first kappa shape index (κ1) is 15.3. The second-order valence-electron chi connectivity index (χ2n) is 6.85. The van der Waals surface area contributed by atoms with Crippen LogP contribution in [0.4, 0.5) is 0 Å². The van der Waals surface area contributed by atoms with Crippen molar-refractivity contribution in [3.05, 3.63) is 29.8 Å². The summed E-state index contributed by atoms with van der Waals surface area (Å²) in [7, 11) is 1.72. The Morgan fingerprint density at radius 2 is 1.90 bits per heavy atom. The lowest BCUT2D eigenvalue weighted by molar-refractivity contribution is -0.0704. The van der Waals surface area contributed by atoms with E-state index < -0.39 is 0 Å².